The highest BCUT2D eigenvalue weighted by atomic mass is 32.2. The zero-order valence-electron chi connectivity index (χ0n) is 20.8. The molecule has 10 heteroatoms. The van der Waals surface area contributed by atoms with Gasteiger partial charge in [0.15, 0.2) is 5.16 Å². The second-order valence-electron chi connectivity index (χ2n) is 8.56. The van der Waals surface area contributed by atoms with Crippen molar-refractivity contribution in [2.24, 2.45) is 0 Å². The molecule has 0 atom stereocenters. The lowest BCUT2D eigenvalue weighted by Crippen LogP contribution is -2.23. The Balaban J connectivity index is 1.48. The van der Waals surface area contributed by atoms with Crippen LogP contribution in [0, 0.1) is 0 Å². The number of fused-ring (bicyclic) bond motifs is 3. The number of nitrogens with zero attached hydrogens (tertiary/aromatic N) is 2. The van der Waals surface area contributed by atoms with Gasteiger partial charge in [0.05, 0.1) is 38.2 Å². The maximum Gasteiger partial charge on any atom is 0.267 e. The van der Waals surface area contributed by atoms with Gasteiger partial charge in [-0.3, -0.25) is 14.2 Å². The largest absolute Gasteiger partial charge is 0.497 e. The van der Waals surface area contributed by atoms with E-state index in [4.69, 9.17) is 19.2 Å². The first-order valence-electron chi connectivity index (χ1n) is 11.9. The second kappa shape index (κ2) is 10.9. The molecule has 1 amide bonds. The Labute approximate surface area is 222 Å². The van der Waals surface area contributed by atoms with E-state index in [1.165, 1.54) is 16.6 Å². The van der Waals surface area contributed by atoms with Gasteiger partial charge in [-0.1, -0.05) is 11.8 Å². The third-order valence-corrected chi connectivity index (χ3v) is 8.38. The molecule has 37 heavy (non-hydrogen) atoms. The molecule has 2 aromatic carbocycles. The molecule has 8 nitrogen and oxygen atoms in total. The van der Waals surface area contributed by atoms with E-state index < -0.39 is 0 Å². The number of aryl methyl sites for hydroxylation is 2. The van der Waals surface area contributed by atoms with Gasteiger partial charge in [0.25, 0.3) is 5.56 Å². The Bertz CT molecular complexity index is 1490. The number of thiophene rings is 1. The van der Waals surface area contributed by atoms with E-state index in [0.717, 1.165) is 36.1 Å². The smallest absolute Gasteiger partial charge is 0.267 e. The molecule has 4 aromatic rings. The summed E-state index contributed by atoms with van der Waals surface area (Å²) in [5, 5.41) is 4.05. The van der Waals surface area contributed by atoms with E-state index in [2.05, 4.69) is 5.32 Å². The molecule has 0 radical (unpaired) electrons. The van der Waals surface area contributed by atoms with E-state index in [-0.39, 0.29) is 17.2 Å². The summed E-state index contributed by atoms with van der Waals surface area (Å²) in [5.74, 6) is 1.68. The summed E-state index contributed by atoms with van der Waals surface area (Å²) in [6.45, 7) is 0. The molecule has 192 valence electrons. The lowest BCUT2D eigenvalue weighted by Gasteiger charge is -2.14. The molecule has 0 unspecified atom stereocenters. The highest BCUT2D eigenvalue weighted by molar-refractivity contribution is 7.99. The lowest BCUT2D eigenvalue weighted by molar-refractivity contribution is -0.113. The number of hydrogen-bond acceptors (Lipinski definition) is 8. The molecule has 0 aliphatic heterocycles. The molecule has 0 fully saturated rings. The quantitative estimate of drug-likeness (QED) is 0.247. The topological polar surface area (TPSA) is 91.7 Å². The Kier molecular flexibility index (Phi) is 7.38. The molecule has 1 aliphatic carbocycles. The highest BCUT2D eigenvalue weighted by Gasteiger charge is 2.23. The van der Waals surface area contributed by atoms with Crippen LogP contribution in [0.4, 0.5) is 5.69 Å². The standard InChI is InChI=1S/C27H27N3O5S2/c1-33-18-10-8-17(9-11-18)30-26(32)24-21-6-4-5-7-22(21)37-25(24)29-27(30)36-15-23(31)28-16-12-19(34-2)14-20(13-16)35-3/h8-14H,4-7,15H2,1-3H3,(H,28,31). The number of carbonyl (C=O) groups is 1. The minimum Gasteiger partial charge on any atom is -0.497 e. The molecular weight excluding hydrogens is 510 g/mol. The lowest BCUT2D eigenvalue weighted by atomic mass is 9.97. The molecule has 0 spiro atoms. The predicted molar refractivity (Wildman–Crippen MR) is 147 cm³/mol. The minimum absolute atomic E-state index is 0.0682. The average Bonchev–Trinajstić information content (AvgIpc) is 3.30. The predicted octanol–water partition coefficient (Wildman–Crippen LogP) is 5.08. The fourth-order valence-electron chi connectivity index (χ4n) is 4.45. The Morgan fingerprint density at radius 3 is 2.35 bits per heavy atom. The first-order valence-corrected chi connectivity index (χ1v) is 13.7. The zero-order chi connectivity index (χ0) is 25.9. The summed E-state index contributed by atoms with van der Waals surface area (Å²) in [6, 6.07) is 12.5. The Morgan fingerprint density at radius 2 is 1.68 bits per heavy atom. The van der Waals surface area contributed by atoms with Gasteiger partial charge in [0.2, 0.25) is 5.91 Å². The number of ether oxygens (including phenoxy) is 3. The van der Waals surface area contributed by atoms with Crippen molar-refractivity contribution in [3.63, 3.8) is 0 Å². The van der Waals surface area contributed by atoms with Crippen LogP contribution in [0.3, 0.4) is 0 Å². The maximum absolute atomic E-state index is 13.9. The van der Waals surface area contributed by atoms with Crippen molar-refractivity contribution in [3.8, 4) is 22.9 Å². The first kappa shape index (κ1) is 25.2. The average molecular weight is 538 g/mol. The van der Waals surface area contributed by atoms with Crippen molar-refractivity contribution in [3.05, 3.63) is 63.3 Å². The molecule has 2 heterocycles. The van der Waals surface area contributed by atoms with Gasteiger partial charge in [-0.2, -0.15) is 0 Å². The van der Waals surface area contributed by atoms with Gasteiger partial charge in [-0.25, -0.2) is 4.98 Å². The number of thioether (sulfide) groups is 1. The van der Waals surface area contributed by atoms with Crippen molar-refractivity contribution in [2.75, 3.05) is 32.4 Å². The molecule has 0 saturated carbocycles. The van der Waals surface area contributed by atoms with Gasteiger partial charge >= 0.3 is 0 Å². The summed E-state index contributed by atoms with van der Waals surface area (Å²) >= 11 is 2.82. The van der Waals surface area contributed by atoms with Crippen LogP contribution < -0.4 is 25.1 Å². The number of aromatic nitrogens is 2. The number of nitrogens with one attached hydrogen (secondary N) is 1. The first-order chi connectivity index (χ1) is 18.0. The van der Waals surface area contributed by atoms with E-state index in [1.54, 1.807) is 55.4 Å². The van der Waals surface area contributed by atoms with Crippen molar-refractivity contribution >= 4 is 44.9 Å². The molecule has 0 saturated heterocycles. The van der Waals surface area contributed by atoms with Gasteiger partial charge in [0, 0.05) is 28.8 Å². The van der Waals surface area contributed by atoms with Crippen molar-refractivity contribution < 1.29 is 19.0 Å². The van der Waals surface area contributed by atoms with Crippen LogP contribution in [0.15, 0.2) is 52.4 Å². The summed E-state index contributed by atoms with van der Waals surface area (Å²) in [6.07, 6.45) is 4.08. The number of benzene rings is 2. The van der Waals surface area contributed by atoms with Crippen LogP contribution in [-0.4, -0.2) is 42.5 Å². The molecule has 2 aromatic heterocycles. The molecular formula is C27H27N3O5S2. The van der Waals surface area contributed by atoms with E-state index >= 15 is 0 Å². The van der Waals surface area contributed by atoms with Crippen molar-refractivity contribution in [1.29, 1.82) is 0 Å². The van der Waals surface area contributed by atoms with Gasteiger partial charge in [0.1, 0.15) is 22.1 Å². The molecule has 1 aliphatic rings. The fourth-order valence-corrected chi connectivity index (χ4v) is 6.56. The van der Waals surface area contributed by atoms with Crippen molar-refractivity contribution in [2.45, 2.75) is 30.8 Å². The number of amides is 1. The maximum atomic E-state index is 13.9. The summed E-state index contributed by atoms with van der Waals surface area (Å²) in [7, 11) is 4.71. The van der Waals surface area contributed by atoms with Crippen molar-refractivity contribution in [1.82, 2.24) is 9.55 Å². The number of carbonyl (C=O) groups excluding carboxylic acids is 1. The van der Waals surface area contributed by atoms with E-state index in [0.29, 0.717) is 39.2 Å². The minimum atomic E-state index is -0.235. The number of hydrogen-bond donors (Lipinski definition) is 1. The number of methoxy groups -OCH3 is 3. The zero-order valence-corrected chi connectivity index (χ0v) is 22.5. The third kappa shape index (κ3) is 5.17. The van der Waals surface area contributed by atoms with Gasteiger partial charge in [-0.15, -0.1) is 11.3 Å². The SMILES string of the molecule is COc1ccc(-n2c(SCC(=O)Nc3cc(OC)cc(OC)c3)nc3sc4c(c3c2=O)CCCC4)cc1. The summed E-state index contributed by atoms with van der Waals surface area (Å²) in [5.41, 5.74) is 2.27. The van der Waals surface area contributed by atoms with Crippen LogP contribution in [0.1, 0.15) is 23.3 Å². The van der Waals surface area contributed by atoms with Crippen LogP contribution >= 0.6 is 23.1 Å². The molecule has 0 bridgehead atoms. The summed E-state index contributed by atoms with van der Waals surface area (Å²) in [4.78, 5) is 33.6. The molecule has 5 rings (SSSR count). The normalized spacial score (nSPS) is 12.7. The Morgan fingerprint density at radius 1 is 1.00 bits per heavy atom. The summed E-state index contributed by atoms with van der Waals surface area (Å²) < 4.78 is 17.5. The van der Waals surface area contributed by atoms with Crippen LogP contribution in [0.2, 0.25) is 0 Å². The Hall–Kier alpha value is -3.50. The fraction of sp³-hybridized carbons (Fsp3) is 0.296. The van der Waals surface area contributed by atoms with Crippen LogP contribution in [-0.2, 0) is 17.6 Å². The van der Waals surface area contributed by atoms with Gasteiger partial charge < -0.3 is 19.5 Å². The van der Waals surface area contributed by atoms with Crippen LogP contribution in [0.5, 0.6) is 17.2 Å². The highest BCUT2D eigenvalue weighted by Crippen LogP contribution is 2.35. The second-order valence-corrected chi connectivity index (χ2v) is 10.6. The van der Waals surface area contributed by atoms with E-state index in [9.17, 15) is 9.59 Å². The monoisotopic (exact) mass is 537 g/mol. The van der Waals surface area contributed by atoms with E-state index in [1.807, 2.05) is 24.3 Å². The molecule has 1 N–H and O–H groups in total. The van der Waals surface area contributed by atoms with Gasteiger partial charge in [-0.05, 0) is 55.5 Å². The third-order valence-electron chi connectivity index (χ3n) is 6.26. The number of anilines is 1. The van der Waals surface area contributed by atoms with Crippen LogP contribution in [0.25, 0.3) is 15.9 Å². The number of rotatable bonds is 8.